The summed E-state index contributed by atoms with van der Waals surface area (Å²) in [5.41, 5.74) is 5.57. The highest BCUT2D eigenvalue weighted by atomic mass is 16.2. The second kappa shape index (κ2) is 9.92. The van der Waals surface area contributed by atoms with E-state index in [1.54, 1.807) is 16.8 Å². The third-order valence-electron chi connectivity index (χ3n) is 5.74. The highest BCUT2D eigenvalue weighted by Crippen LogP contribution is 2.20. The van der Waals surface area contributed by atoms with Gasteiger partial charge in [0.05, 0.1) is 6.54 Å². The van der Waals surface area contributed by atoms with Gasteiger partial charge < -0.3 is 5.32 Å². The van der Waals surface area contributed by atoms with Crippen molar-refractivity contribution >= 4 is 17.6 Å². The van der Waals surface area contributed by atoms with Gasteiger partial charge in [-0.05, 0) is 71.8 Å². The fraction of sp³-hybridized carbons (Fsp3) is 0.458. The Morgan fingerprint density at radius 3 is 2.32 bits per heavy atom. The standard InChI is InChI=1S/C24H32N4O3/c1-16(2)25-23(30)20-10-12-27(13-11-20)15-22(29)21-14-17(3)28(18(21)4)26-24(31)19-8-6-5-7-9-19/h5-9,14,16,20H,10-13,15H2,1-4H3,(H,25,30)(H,26,31). The van der Waals surface area contributed by atoms with Gasteiger partial charge in [0.25, 0.3) is 5.91 Å². The van der Waals surface area contributed by atoms with Crippen LogP contribution in [0.5, 0.6) is 0 Å². The summed E-state index contributed by atoms with van der Waals surface area (Å²) in [6.45, 7) is 9.41. The molecule has 7 heteroatoms. The molecular weight excluding hydrogens is 392 g/mol. The SMILES string of the molecule is Cc1cc(C(=O)CN2CCC(C(=O)NC(C)C)CC2)c(C)n1NC(=O)c1ccccc1. The molecule has 1 saturated heterocycles. The lowest BCUT2D eigenvalue weighted by molar-refractivity contribution is -0.126. The zero-order valence-electron chi connectivity index (χ0n) is 18.8. The molecule has 2 aromatic rings. The maximum atomic E-state index is 13.0. The molecule has 7 nitrogen and oxygen atoms in total. The van der Waals surface area contributed by atoms with Crippen LogP contribution in [0.2, 0.25) is 0 Å². The number of aryl methyl sites for hydroxylation is 1. The number of carbonyl (C=O) groups is 3. The van der Waals surface area contributed by atoms with Crippen LogP contribution >= 0.6 is 0 Å². The van der Waals surface area contributed by atoms with Gasteiger partial charge in [0.2, 0.25) is 5.91 Å². The maximum Gasteiger partial charge on any atom is 0.270 e. The first-order valence-corrected chi connectivity index (χ1v) is 10.9. The largest absolute Gasteiger partial charge is 0.354 e. The van der Waals surface area contributed by atoms with E-state index in [0.29, 0.717) is 17.7 Å². The molecule has 2 N–H and O–H groups in total. The minimum Gasteiger partial charge on any atom is -0.354 e. The average molecular weight is 425 g/mol. The van der Waals surface area contributed by atoms with Crippen molar-refractivity contribution < 1.29 is 14.4 Å². The van der Waals surface area contributed by atoms with E-state index in [2.05, 4.69) is 15.6 Å². The van der Waals surface area contributed by atoms with Crippen LogP contribution in [0, 0.1) is 19.8 Å². The van der Waals surface area contributed by atoms with Crippen LogP contribution in [0.1, 0.15) is 58.8 Å². The van der Waals surface area contributed by atoms with E-state index in [9.17, 15) is 14.4 Å². The number of nitrogens with zero attached hydrogens (tertiary/aromatic N) is 2. The van der Waals surface area contributed by atoms with Gasteiger partial charge >= 0.3 is 0 Å². The molecule has 1 aromatic heterocycles. The first-order valence-electron chi connectivity index (χ1n) is 10.9. The van der Waals surface area contributed by atoms with Crippen LogP contribution in [-0.2, 0) is 4.79 Å². The number of Topliss-reactive ketones (excluding diaryl/α,β-unsaturated/α-hetero) is 1. The number of nitrogens with one attached hydrogen (secondary N) is 2. The number of ketones is 1. The predicted molar refractivity (Wildman–Crippen MR) is 121 cm³/mol. The van der Waals surface area contributed by atoms with Gasteiger partial charge in [-0.2, -0.15) is 0 Å². The molecule has 2 amide bonds. The number of likely N-dealkylation sites (tertiary alicyclic amines) is 1. The lowest BCUT2D eigenvalue weighted by atomic mass is 9.95. The number of aromatic nitrogens is 1. The molecule has 1 aromatic carbocycles. The molecule has 31 heavy (non-hydrogen) atoms. The minimum absolute atomic E-state index is 0.0204. The molecule has 0 unspecified atom stereocenters. The maximum absolute atomic E-state index is 13.0. The van der Waals surface area contributed by atoms with Crippen molar-refractivity contribution in [2.24, 2.45) is 5.92 Å². The van der Waals surface area contributed by atoms with Crippen molar-refractivity contribution in [2.45, 2.75) is 46.6 Å². The summed E-state index contributed by atoms with van der Waals surface area (Å²) in [4.78, 5) is 39.8. The van der Waals surface area contributed by atoms with Gasteiger partial charge in [0.15, 0.2) is 5.78 Å². The van der Waals surface area contributed by atoms with E-state index in [-0.39, 0.29) is 29.6 Å². The van der Waals surface area contributed by atoms with Crippen molar-refractivity contribution in [1.82, 2.24) is 14.9 Å². The summed E-state index contributed by atoms with van der Waals surface area (Å²) in [7, 11) is 0. The molecule has 0 spiro atoms. The molecule has 0 radical (unpaired) electrons. The lowest BCUT2D eigenvalue weighted by Crippen LogP contribution is -2.43. The molecule has 3 rings (SSSR count). The normalized spacial score (nSPS) is 15.1. The number of hydrogen-bond donors (Lipinski definition) is 2. The fourth-order valence-corrected chi connectivity index (χ4v) is 4.02. The Kier molecular flexibility index (Phi) is 7.28. The fourth-order valence-electron chi connectivity index (χ4n) is 4.02. The van der Waals surface area contributed by atoms with Crippen molar-refractivity contribution in [3.8, 4) is 0 Å². The summed E-state index contributed by atoms with van der Waals surface area (Å²) in [5.74, 6) is -0.0627. The van der Waals surface area contributed by atoms with Crippen LogP contribution in [0.4, 0.5) is 0 Å². The molecule has 1 aliphatic heterocycles. The zero-order valence-corrected chi connectivity index (χ0v) is 18.8. The molecule has 1 fully saturated rings. The number of carbonyl (C=O) groups excluding carboxylic acids is 3. The van der Waals surface area contributed by atoms with Gasteiger partial charge in [0.1, 0.15) is 0 Å². The molecule has 0 atom stereocenters. The van der Waals surface area contributed by atoms with Crippen molar-refractivity contribution in [3.63, 3.8) is 0 Å². The third-order valence-corrected chi connectivity index (χ3v) is 5.74. The summed E-state index contributed by atoms with van der Waals surface area (Å²) in [6, 6.07) is 11.0. The molecule has 166 valence electrons. The Labute approximate surface area is 183 Å². The molecule has 0 aliphatic carbocycles. The van der Waals surface area contributed by atoms with Gasteiger partial charge in [0, 0.05) is 34.5 Å². The summed E-state index contributed by atoms with van der Waals surface area (Å²) in [5, 5.41) is 2.98. The smallest absolute Gasteiger partial charge is 0.270 e. The summed E-state index contributed by atoms with van der Waals surface area (Å²) < 4.78 is 1.67. The van der Waals surface area contributed by atoms with E-state index >= 15 is 0 Å². The number of amides is 2. The number of piperidine rings is 1. The molecule has 0 bridgehead atoms. The molecular formula is C24H32N4O3. The number of hydrogen-bond acceptors (Lipinski definition) is 4. The van der Waals surface area contributed by atoms with Gasteiger partial charge in [-0.1, -0.05) is 18.2 Å². The van der Waals surface area contributed by atoms with E-state index in [1.807, 2.05) is 52.0 Å². The molecule has 1 aliphatic rings. The Bertz CT molecular complexity index is 941. The van der Waals surface area contributed by atoms with Crippen LogP contribution in [-0.4, -0.2) is 52.8 Å². The van der Waals surface area contributed by atoms with E-state index in [4.69, 9.17) is 0 Å². The number of rotatable bonds is 7. The Balaban J connectivity index is 1.60. The van der Waals surface area contributed by atoms with E-state index in [1.165, 1.54) is 0 Å². The first-order chi connectivity index (χ1) is 14.8. The minimum atomic E-state index is -0.219. The Morgan fingerprint density at radius 2 is 1.71 bits per heavy atom. The Morgan fingerprint density at radius 1 is 1.06 bits per heavy atom. The second-order valence-corrected chi connectivity index (χ2v) is 8.56. The highest BCUT2D eigenvalue weighted by Gasteiger charge is 2.27. The second-order valence-electron chi connectivity index (χ2n) is 8.56. The summed E-state index contributed by atoms with van der Waals surface area (Å²) >= 11 is 0. The quantitative estimate of drug-likeness (QED) is 0.670. The van der Waals surface area contributed by atoms with E-state index < -0.39 is 0 Å². The van der Waals surface area contributed by atoms with Gasteiger partial charge in [-0.25, -0.2) is 0 Å². The van der Waals surface area contributed by atoms with Crippen molar-refractivity contribution in [3.05, 3.63) is 58.9 Å². The topological polar surface area (TPSA) is 83.4 Å². The van der Waals surface area contributed by atoms with Crippen molar-refractivity contribution in [1.29, 1.82) is 0 Å². The zero-order chi connectivity index (χ0) is 22.5. The third kappa shape index (κ3) is 5.61. The predicted octanol–water partition coefficient (Wildman–Crippen LogP) is 2.91. The van der Waals surface area contributed by atoms with Crippen LogP contribution < -0.4 is 10.7 Å². The van der Waals surface area contributed by atoms with Crippen LogP contribution in [0.15, 0.2) is 36.4 Å². The van der Waals surface area contributed by atoms with Crippen molar-refractivity contribution in [2.75, 3.05) is 25.1 Å². The van der Waals surface area contributed by atoms with Gasteiger partial charge in [-0.15, -0.1) is 0 Å². The lowest BCUT2D eigenvalue weighted by Gasteiger charge is -2.31. The average Bonchev–Trinajstić information content (AvgIpc) is 3.02. The van der Waals surface area contributed by atoms with Gasteiger partial charge in [-0.3, -0.25) is 29.4 Å². The molecule has 0 saturated carbocycles. The monoisotopic (exact) mass is 424 g/mol. The van der Waals surface area contributed by atoms with Crippen LogP contribution in [0.25, 0.3) is 0 Å². The molecule has 2 heterocycles. The highest BCUT2D eigenvalue weighted by molar-refractivity contribution is 6.01. The summed E-state index contributed by atoms with van der Waals surface area (Å²) in [6.07, 6.45) is 1.52. The van der Waals surface area contributed by atoms with E-state index in [0.717, 1.165) is 37.3 Å². The number of benzene rings is 1. The first kappa shape index (κ1) is 22.7. The Hall–Kier alpha value is -2.93. The van der Waals surface area contributed by atoms with Crippen LogP contribution in [0.3, 0.4) is 0 Å².